The monoisotopic (exact) mass is 257 g/mol. The molecule has 3 N–H and O–H groups in total. The van der Waals surface area contributed by atoms with Gasteiger partial charge in [0, 0.05) is 11.8 Å². The third-order valence-electron chi connectivity index (χ3n) is 2.62. The average Bonchev–Trinajstić information content (AvgIpc) is 2.88. The Bertz CT molecular complexity index is 583. The Hall–Kier alpha value is -2.56. The van der Waals surface area contributed by atoms with Gasteiger partial charge in [0.1, 0.15) is 5.69 Å². The first-order chi connectivity index (χ1) is 9.06. The van der Waals surface area contributed by atoms with Crippen LogP contribution in [-0.4, -0.2) is 16.8 Å². The summed E-state index contributed by atoms with van der Waals surface area (Å²) in [5, 5.41) is 0. The molecule has 19 heavy (non-hydrogen) atoms. The summed E-state index contributed by atoms with van der Waals surface area (Å²) in [4.78, 5) is 26.3. The molecule has 0 aliphatic rings. The van der Waals surface area contributed by atoms with Crippen LogP contribution in [0.2, 0.25) is 0 Å². The molecule has 2 rings (SSSR count). The van der Waals surface area contributed by atoms with Gasteiger partial charge in [-0.05, 0) is 38.1 Å². The Morgan fingerprint density at radius 1 is 1.00 bits per heavy atom. The number of hydrogen-bond acceptors (Lipinski definition) is 2. The van der Waals surface area contributed by atoms with Crippen LogP contribution in [0, 0.1) is 13.8 Å². The lowest BCUT2D eigenvalue weighted by Crippen LogP contribution is -2.41. The van der Waals surface area contributed by atoms with Gasteiger partial charge >= 0.3 is 0 Å². The number of hydrazine groups is 1. The number of aromatic amines is 1. The molecule has 1 aromatic heterocycles. The van der Waals surface area contributed by atoms with Gasteiger partial charge in [-0.1, -0.05) is 17.2 Å². The molecule has 0 saturated carbocycles. The summed E-state index contributed by atoms with van der Waals surface area (Å²) in [6.45, 7) is 3.84. The van der Waals surface area contributed by atoms with E-state index in [0.717, 1.165) is 11.1 Å². The number of benzene rings is 1. The fourth-order valence-corrected chi connectivity index (χ4v) is 1.83. The van der Waals surface area contributed by atoms with Gasteiger partial charge in [-0.15, -0.1) is 0 Å². The Kier molecular flexibility index (Phi) is 3.66. The molecule has 0 aliphatic heterocycles. The highest BCUT2D eigenvalue weighted by atomic mass is 16.2. The van der Waals surface area contributed by atoms with Crippen molar-refractivity contribution in [1.82, 2.24) is 15.8 Å². The number of aryl methyl sites for hydroxylation is 2. The van der Waals surface area contributed by atoms with Crippen LogP contribution >= 0.6 is 0 Å². The lowest BCUT2D eigenvalue weighted by atomic mass is 10.1. The van der Waals surface area contributed by atoms with Crippen LogP contribution in [0.25, 0.3) is 0 Å². The SMILES string of the molecule is Cc1cc(C)cc(C(=O)NNC(=O)c2ccc[nH]2)c1. The normalized spacial score (nSPS) is 10.0. The molecule has 0 spiro atoms. The molecule has 0 bridgehead atoms. The van der Waals surface area contributed by atoms with Crippen molar-refractivity contribution in [2.75, 3.05) is 0 Å². The number of carbonyl (C=O) groups excluding carboxylic acids is 2. The van der Waals surface area contributed by atoms with E-state index in [1.807, 2.05) is 19.9 Å². The van der Waals surface area contributed by atoms with E-state index < -0.39 is 0 Å². The van der Waals surface area contributed by atoms with Crippen molar-refractivity contribution in [3.8, 4) is 0 Å². The molecule has 0 fully saturated rings. The maximum Gasteiger partial charge on any atom is 0.286 e. The van der Waals surface area contributed by atoms with Crippen LogP contribution < -0.4 is 10.9 Å². The highest BCUT2D eigenvalue weighted by Gasteiger charge is 2.09. The zero-order chi connectivity index (χ0) is 13.8. The summed E-state index contributed by atoms with van der Waals surface area (Å²) >= 11 is 0. The first kappa shape index (κ1) is 12.9. The van der Waals surface area contributed by atoms with E-state index in [1.54, 1.807) is 30.5 Å². The van der Waals surface area contributed by atoms with Crippen molar-refractivity contribution >= 4 is 11.8 Å². The third kappa shape index (κ3) is 3.22. The Balaban J connectivity index is 2.00. The van der Waals surface area contributed by atoms with Crippen LogP contribution in [0.3, 0.4) is 0 Å². The molecule has 2 amide bonds. The lowest BCUT2D eigenvalue weighted by molar-refractivity contribution is 0.0844. The Labute approximate surface area is 111 Å². The summed E-state index contributed by atoms with van der Waals surface area (Å²) in [5.74, 6) is -0.727. The van der Waals surface area contributed by atoms with E-state index in [0.29, 0.717) is 11.3 Å². The van der Waals surface area contributed by atoms with Crippen molar-refractivity contribution in [1.29, 1.82) is 0 Å². The van der Waals surface area contributed by atoms with E-state index in [4.69, 9.17) is 0 Å². The summed E-state index contributed by atoms with van der Waals surface area (Å²) < 4.78 is 0. The minimum Gasteiger partial charge on any atom is -0.357 e. The van der Waals surface area contributed by atoms with Crippen molar-refractivity contribution < 1.29 is 9.59 Å². The molecule has 1 aromatic carbocycles. The fourth-order valence-electron chi connectivity index (χ4n) is 1.83. The zero-order valence-electron chi connectivity index (χ0n) is 10.8. The summed E-state index contributed by atoms with van der Waals surface area (Å²) in [6.07, 6.45) is 1.64. The highest BCUT2D eigenvalue weighted by Crippen LogP contribution is 2.08. The molecule has 0 aliphatic carbocycles. The number of H-pyrrole nitrogens is 1. The molecule has 5 nitrogen and oxygen atoms in total. The fraction of sp³-hybridized carbons (Fsp3) is 0.143. The number of aromatic nitrogens is 1. The van der Waals surface area contributed by atoms with Crippen molar-refractivity contribution in [3.63, 3.8) is 0 Å². The van der Waals surface area contributed by atoms with Crippen molar-refractivity contribution in [2.45, 2.75) is 13.8 Å². The summed E-state index contributed by atoms with van der Waals surface area (Å²) in [6, 6.07) is 8.85. The standard InChI is InChI=1S/C14H15N3O2/c1-9-6-10(2)8-11(7-9)13(18)16-17-14(19)12-4-3-5-15-12/h3-8,15H,1-2H3,(H,16,18)(H,17,19). The predicted octanol–water partition coefficient (Wildman–Crippen LogP) is 1.71. The predicted molar refractivity (Wildman–Crippen MR) is 71.6 cm³/mol. The van der Waals surface area contributed by atoms with Crippen molar-refractivity contribution in [3.05, 3.63) is 58.9 Å². The zero-order valence-corrected chi connectivity index (χ0v) is 10.8. The van der Waals surface area contributed by atoms with Gasteiger partial charge in [-0.2, -0.15) is 0 Å². The maximum atomic E-state index is 11.9. The van der Waals surface area contributed by atoms with E-state index in [2.05, 4.69) is 15.8 Å². The Morgan fingerprint density at radius 3 is 2.21 bits per heavy atom. The number of hydrogen-bond donors (Lipinski definition) is 3. The second-order valence-corrected chi connectivity index (χ2v) is 4.37. The van der Waals surface area contributed by atoms with Gasteiger partial charge in [0.25, 0.3) is 11.8 Å². The van der Waals surface area contributed by atoms with Gasteiger partial charge in [0.05, 0.1) is 0 Å². The van der Waals surface area contributed by atoms with Crippen LogP contribution in [0.15, 0.2) is 36.5 Å². The van der Waals surface area contributed by atoms with Gasteiger partial charge in [0.2, 0.25) is 0 Å². The van der Waals surface area contributed by atoms with E-state index in [-0.39, 0.29) is 11.8 Å². The average molecular weight is 257 g/mol. The molecular formula is C14H15N3O2. The highest BCUT2D eigenvalue weighted by molar-refractivity contribution is 5.98. The molecule has 0 saturated heterocycles. The molecule has 1 heterocycles. The van der Waals surface area contributed by atoms with Gasteiger partial charge in [-0.25, -0.2) is 0 Å². The quantitative estimate of drug-likeness (QED) is 0.716. The van der Waals surface area contributed by atoms with E-state index >= 15 is 0 Å². The first-order valence-electron chi connectivity index (χ1n) is 5.88. The van der Waals surface area contributed by atoms with Gasteiger partial charge in [0.15, 0.2) is 0 Å². The molecule has 0 unspecified atom stereocenters. The number of carbonyl (C=O) groups is 2. The second-order valence-electron chi connectivity index (χ2n) is 4.37. The molecule has 0 radical (unpaired) electrons. The number of amides is 2. The van der Waals surface area contributed by atoms with Crippen LogP contribution in [-0.2, 0) is 0 Å². The number of rotatable bonds is 2. The van der Waals surface area contributed by atoms with E-state index in [9.17, 15) is 9.59 Å². The minimum atomic E-state index is -0.386. The molecule has 0 atom stereocenters. The first-order valence-corrected chi connectivity index (χ1v) is 5.88. The molecule has 2 aromatic rings. The van der Waals surface area contributed by atoms with Gasteiger partial charge in [-0.3, -0.25) is 20.4 Å². The number of nitrogens with one attached hydrogen (secondary N) is 3. The summed E-state index contributed by atoms with van der Waals surface area (Å²) in [7, 11) is 0. The molecule has 98 valence electrons. The minimum absolute atomic E-state index is 0.341. The van der Waals surface area contributed by atoms with Crippen LogP contribution in [0.1, 0.15) is 32.0 Å². The molecular weight excluding hydrogens is 242 g/mol. The smallest absolute Gasteiger partial charge is 0.286 e. The summed E-state index contributed by atoms with van der Waals surface area (Å²) in [5.41, 5.74) is 7.64. The third-order valence-corrected chi connectivity index (χ3v) is 2.62. The topological polar surface area (TPSA) is 74.0 Å². The van der Waals surface area contributed by atoms with Crippen LogP contribution in [0.4, 0.5) is 0 Å². The van der Waals surface area contributed by atoms with E-state index in [1.165, 1.54) is 0 Å². The molecule has 5 heteroatoms. The Morgan fingerprint density at radius 2 is 1.63 bits per heavy atom. The largest absolute Gasteiger partial charge is 0.357 e. The second kappa shape index (κ2) is 5.39. The maximum absolute atomic E-state index is 11.9. The lowest BCUT2D eigenvalue weighted by Gasteiger charge is -2.08. The van der Waals surface area contributed by atoms with Crippen LogP contribution in [0.5, 0.6) is 0 Å². The van der Waals surface area contributed by atoms with Gasteiger partial charge < -0.3 is 4.98 Å². The van der Waals surface area contributed by atoms with Crippen molar-refractivity contribution in [2.24, 2.45) is 0 Å².